The third-order valence-electron chi connectivity index (χ3n) is 5.48. The molecule has 0 unspecified atom stereocenters. The number of carbonyl (C=O) groups is 1. The van der Waals surface area contributed by atoms with Gasteiger partial charge in [-0.3, -0.25) is 4.79 Å². The first-order valence-corrected chi connectivity index (χ1v) is 11.0. The van der Waals surface area contributed by atoms with Gasteiger partial charge in [-0.1, -0.05) is 17.7 Å². The number of morpholine rings is 1. The van der Waals surface area contributed by atoms with Crippen LogP contribution in [0.3, 0.4) is 0 Å². The minimum Gasteiger partial charge on any atom is -0.444 e. The molecular weight excluding hydrogens is 438 g/mol. The van der Waals surface area contributed by atoms with E-state index in [-0.39, 0.29) is 11.4 Å². The number of carbonyl (C=O) groups excluding carboxylic acids is 1. The Morgan fingerprint density at radius 3 is 2.68 bits per heavy atom. The zero-order valence-electron chi connectivity index (χ0n) is 19.2. The number of aryl methyl sites for hydroxylation is 1. The normalized spacial score (nSPS) is 14.5. The molecule has 0 saturated carbocycles. The first-order valence-electron chi connectivity index (χ1n) is 11.0. The minimum absolute atomic E-state index is 0.102. The van der Waals surface area contributed by atoms with Crippen molar-refractivity contribution in [3.05, 3.63) is 53.5 Å². The zero-order valence-corrected chi connectivity index (χ0v) is 19.2. The number of aliphatic hydroxyl groups is 1. The molecule has 10 nitrogen and oxygen atoms in total. The summed E-state index contributed by atoms with van der Waals surface area (Å²) in [6.07, 6.45) is 1.30. The number of nitrogens with one attached hydrogen (secondary N) is 1. The largest absolute Gasteiger partial charge is 0.444 e. The minimum atomic E-state index is -1.34. The lowest BCUT2D eigenvalue weighted by molar-refractivity contribution is 0.0749. The summed E-state index contributed by atoms with van der Waals surface area (Å²) in [6, 6.07) is 9.69. The summed E-state index contributed by atoms with van der Waals surface area (Å²) in [5.41, 5.74) is 1.89. The van der Waals surface area contributed by atoms with Gasteiger partial charge < -0.3 is 28.9 Å². The van der Waals surface area contributed by atoms with Crippen LogP contribution < -0.4 is 10.2 Å². The number of ether oxygens (including phenoxy) is 1. The van der Waals surface area contributed by atoms with Crippen LogP contribution >= 0.6 is 0 Å². The molecule has 10 heteroatoms. The van der Waals surface area contributed by atoms with E-state index in [4.69, 9.17) is 13.6 Å². The highest BCUT2D eigenvalue weighted by molar-refractivity contribution is 6.04. The lowest BCUT2D eigenvalue weighted by Gasteiger charge is -2.24. The van der Waals surface area contributed by atoms with Crippen molar-refractivity contribution in [1.82, 2.24) is 15.0 Å². The van der Waals surface area contributed by atoms with E-state index >= 15 is 0 Å². The van der Waals surface area contributed by atoms with Crippen LogP contribution in [0.4, 0.5) is 11.7 Å². The molecule has 1 aliphatic heterocycles. The van der Waals surface area contributed by atoms with Crippen LogP contribution in [0.25, 0.3) is 22.7 Å². The first-order chi connectivity index (χ1) is 16.3. The fourth-order valence-corrected chi connectivity index (χ4v) is 3.78. The SMILES string of the molecule is Cc1cccc(-c2nc(C(=O)Nc3cc4oc(N5CCOCC5)nc4nc3C(C)(C)O)co2)c1. The van der Waals surface area contributed by atoms with E-state index in [1.165, 1.54) is 6.26 Å². The smallest absolute Gasteiger partial charge is 0.300 e. The second-order valence-corrected chi connectivity index (χ2v) is 8.72. The van der Waals surface area contributed by atoms with Gasteiger partial charge in [-0.05, 0) is 32.9 Å². The number of pyridine rings is 1. The van der Waals surface area contributed by atoms with Crippen molar-refractivity contribution in [2.45, 2.75) is 26.4 Å². The molecule has 1 amide bonds. The number of anilines is 2. The van der Waals surface area contributed by atoms with Crippen molar-refractivity contribution in [3.63, 3.8) is 0 Å². The van der Waals surface area contributed by atoms with Gasteiger partial charge in [0.1, 0.15) is 11.9 Å². The van der Waals surface area contributed by atoms with Crippen LogP contribution in [0.15, 0.2) is 45.4 Å². The molecule has 3 aromatic heterocycles. The average molecular weight is 463 g/mol. The summed E-state index contributed by atoms with van der Waals surface area (Å²) in [5, 5.41) is 13.5. The topological polar surface area (TPSA) is 127 Å². The molecule has 4 aromatic rings. The molecule has 0 bridgehead atoms. The predicted molar refractivity (Wildman–Crippen MR) is 125 cm³/mol. The Labute approximate surface area is 195 Å². The standard InChI is InChI=1S/C24H25N5O5/c1-14-5-4-6-15(11-14)22-26-17(13-33-22)21(30)25-16-12-18-20(27-19(16)24(2,3)31)28-23(34-18)29-7-9-32-10-8-29/h4-6,11-13,31H,7-10H2,1-3H3,(H,25,30). The number of hydrogen-bond donors (Lipinski definition) is 2. The van der Waals surface area contributed by atoms with Gasteiger partial charge in [-0.2, -0.15) is 4.98 Å². The summed E-state index contributed by atoms with van der Waals surface area (Å²) < 4.78 is 16.8. The zero-order chi connectivity index (χ0) is 23.9. The monoisotopic (exact) mass is 463 g/mol. The Bertz CT molecular complexity index is 1350. The summed E-state index contributed by atoms with van der Waals surface area (Å²) in [7, 11) is 0. The quantitative estimate of drug-likeness (QED) is 0.457. The second kappa shape index (κ2) is 8.54. The van der Waals surface area contributed by atoms with Crippen LogP contribution in [-0.2, 0) is 10.3 Å². The Balaban J connectivity index is 1.45. The number of oxazole rings is 2. The highest BCUT2D eigenvalue weighted by Gasteiger charge is 2.27. The Morgan fingerprint density at radius 1 is 1.15 bits per heavy atom. The van der Waals surface area contributed by atoms with Crippen molar-refractivity contribution in [3.8, 4) is 11.5 Å². The lowest BCUT2D eigenvalue weighted by Crippen LogP contribution is -2.36. The number of aromatic nitrogens is 3. The van der Waals surface area contributed by atoms with Crippen molar-refractivity contribution >= 4 is 28.8 Å². The maximum atomic E-state index is 13.0. The highest BCUT2D eigenvalue weighted by atomic mass is 16.5. The van der Waals surface area contributed by atoms with Crippen LogP contribution in [0.2, 0.25) is 0 Å². The van der Waals surface area contributed by atoms with Gasteiger partial charge in [0.05, 0.1) is 24.6 Å². The van der Waals surface area contributed by atoms with Crippen LogP contribution in [-0.4, -0.2) is 52.3 Å². The van der Waals surface area contributed by atoms with E-state index in [2.05, 4.69) is 20.3 Å². The lowest BCUT2D eigenvalue weighted by atomic mass is 10.0. The third kappa shape index (κ3) is 4.37. The molecule has 0 spiro atoms. The molecule has 34 heavy (non-hydrogen) atoms. The number of fused-ring (bicyclic) bond motifs is 1. The second-order valence-electron chi connectivity index (χ2n) is 8.72. The summed E-state index contributed by atoms with van der Waals surface area (Å²) in [6.45, 7) is 7.64. The van der Waals surface area contributed by atoms with E-state index in [1.54, 1.807) is 19.9 Å². The molecule has 0 aliphatic carbocycles. The Morgan fingerprint density at radius 2 is 1.94 bits per heavy atom. The van der Waals surface area contributed by atoms with E-state index in [9.17, 15) is 9.90 Å². The number of rotatable bonds is 5. The average Bonchev–Trinajstić information content (AvgIpc) is 3.46. The molecule has 176 valence electrons. The number of hydrogen-bond acceptors (Lipinski definition) is 9. The molecule has 2 N–H and O–H groups in total. The molecule has 0 radical (unpaired) electrons. The molecular formula is C24H25N5O5. The first kappa shape index (κ1) is 22.1. The number of benzene rings is 1. The molecule has 1 aromatic carbocycles. The fraction of sp³-hybridized carbons (Fsp3) is 0.333. The number of amides is 1. The van der Waals surface area contributed by atoms with Gasteiger partial charge >= 0.3 is 0 Å². The molecule has 0 atom stereocenters. The predicted octanol–water partition coefficient (Wildman–Crippen LogP) is 3.50. The fourth-order valence-electron chi connectivity index (χ4n) is 3.78. The summed E-state index contributed by atoms with van der Waals surface area (Å²) >= 11 is 0. The number of nitrogens with zero attached hydrogens (tertiary/aromatic N) is 4. The van der Waals surface area contributed by atoms with Crippen LogP contribution in [0.5, 0.6) is 0 Å². The van der Waals surface area contributed by atoms with E-state index in [1.807, 2.05) is 36.1 Å². The van der Waals surface area contributed by atoms with Gasteiger partial charge in [-0.25, -0.2) is 9.97 Å². The van der Waals surface area contributed by atoms with Gasteiger partial charge in [0.2, 0.25) is 11.5 Å². The van der Waals surface area contributed by atoms with Crippen molar-refractivity contribution in [2.24, 2.45) is 0 Å². The van der Waals surface area contributed by atoms with E-state index in [0.717, 1.165) is 11.1 Å². The summed E-state index contributed by atoms with van der Waals surface area (Å²) in [4.78, 5) is 28.2. The van der Waals surface area contributed by atoms with Gasteiger partial charge in [-0.15, -0.1) is 0 Å². The molecule has 1 saturated heterocycles. The van der Waals surface area contributed by atoms with Gasteiger partial charge in [0.25, 0.3) is 11.9 Å². The van der Waals surface area contributed by atoms with Crippen molar-refractivity contribution in [2.75, 3.05) is 36.5 Å². The van der Waals surface area contributed by atoms with E-state index in [0.29, 0.717) is 55.1 Å². The Kier molecular flexibility index (Phi) is 5.54. The molecule has 4 heterocycles. The third-order valence-corrected chi connectivity index (χ3v) is 5.48. The van der Waals surface area contributed by atoms with Gasteiger partial charge in [0, 0.05) is 24.7 Å². The van der Waals surface area contributed by atoms with Crippen molar-refractivity contribution in [1.29, 1.82) is 0 Å². The highest BCUT2D eigenvalue weighted by Crippen LogP contribution is 2.32. The molecule has 5 rings (SSSR count). The van der Waals surface area contributed by atoms with Crippen LogP contribution in [0.1, 0.15) is 35.6 Å². The molecule has 1 fully saturated rings. The van der Waals surface area contributed by atoms with E-state index < -0.39 is 11.5 Å². The maximum Gasteiger partial charge on any atom is 0.300 e. The van der Waals surface area contributed by atoms with Crippen molar-refractivity contribution < 1.29 is 23.5 Å². The van der Waals surface area contributed by atoms with Crippen LogP contribution in [0, 0.1) is 6.92 Å². The van der Waals surface area contributed by atoms with Gasteiger partial charge in [0.15, 0.2) is 11.3 Å². The molecule has 1 aliphatic rings. The Hall–Kier alpha value is -3.76. The maximum absolute atomic E-state index is 13.0. The summed E-state index contributed by atoms with van der Waals surface area (Å²) in [5.74, 6) is -0.155.